The van der Waals surface area contributed by atoms with Gasteiger partial charge in [0.2, 0.25) is 0 Å². The van der Waals surface area contributed by atoms with Crippen molar-refractivity contribution >= 4 is 0 Å². The Balaban J connectivity index is 2.50. The molecule has 6 heteroatoms. The van der Waals surface area contributed by atoms with Gasteiger partial charge in [-0.25, -0.2) is 8.78 Å². The molecule has 0 aliphatic rings. The molecule has 2 rings (SSSR count). The SMILES string of the molecule is CNC(c1cccc(F)c1F)c1cnnn1C. The number of hydrogen-bond acceptors (Lipinski definition) is 3. The summed E-state index contributed by atoms with van der Waals surface area (Å²) in [6, 6.07) is 3.62. The average Bonchev–Trinajstić information content (AvgIpc) is 2.72. The lowest BCUT2D eigenvalue weighted by Crippen LogP contribution is -2.22. The zero-order valence-corrected chi connectivity index (χ0v) is 9.48. The van der Waals surface area contributed by atoms with Crippen LogP contribution in [0.5, 0.6) is 0 Å². The maximum absolute atomic E-state index is 13.7. The van der Waals surface area contributed by atoms with Crippen molar-refractivity contribution in [1.82, 2.24) is 20.3 Å². The first kappa shape index (κ1) is 11.7. The van der Waals surface area contributed by atoms with Crippen molar-refractivity contribution in [2.75, 3.05) is 7.05 Å². The molecule has 0 saturated carbocycles. The van der Waals surface area contributed by atoms with E-state index in [1.165, 1.54) is 23.0 Å². The van der Waals surface area contributed by atoms with Crippen LogP contribution in [0.4, 0.5) is 8.78 Å². The smallest absolute Gasteiger partial charge is 0.163 e. The van der Waals surface area contributed by atoms with Crippen LogP contribution in [0.15, 0.2) is 24.4 Å². The van der Waals surface area contributed by atoms with E-state index in [9.17, 15) is 8.78 Å². The number of benzene rings is 1. The number of aryl methyl sites for hydroxylation is 1. The van der Waals surface area contributed by atoms with Gasteiger partial charge >= 0.3 is 0 Å². The van der Waals surface area contributed by atoms with Gasteiger partial charge in [0, 0.05) is 12.6 Å². The molecule has 1 atom stereocenters. The predicted octanol–water partition coefficient (Wildman–Crippen LogP) is 1.40. The first-order valence-corrected chi connectivity index (χ1v) is 5.11. The van der Waals surface area contributed by atoms with E-state index in [1.54, 1.807) is 14.1 Å². The molecule has 0 spiro atoms. The van der Waals surface area contributed by atoms with Crippen LogP contribution in [0.25, 0.3) is 0 Å². The van der Waals surface area contributed by atoms with E-state index >= 15 is 0 Å². The number of nitrogens with zero attached hydrogens (tertiary/aromatic N) is 3. The van der Waals surface area contributed by atoms with Crippen LogP contribution in [-0.2, 0) is 7.05 Å². The highest BCUT2D eigenvalue weighted by Crippen LogP contribution is 2.24. The topological polar surface area (TPSA) is 42.7 Å². The van der Waals surface area contributed by atoms with Crippen molar-refractivity contribution in [2.24, 2.45) is 7.05 Å². The van der Waals surface area contributed by atoms with E-state index in [1.807, 2.05) is 0 Å². The molecular weight excluding hydrogens is 226 g/mol. The fraction of sp³-hybridized carbons (Fsp3) is 0.273. The molecular formula is C11H12F2N4. The lowest BCUT2D eigenvalue weighted by atomic mass is 10.0. The van der Waals surface area contributed by atoms with E-state index in [4.69, 9.17) is 0 Å². The van der Waals surface area contributed by atoms with Crippen molar-refractivity contribution in [3.8, 4) is 0 Å². The van der Waals surface area contributed by atoms with Crippen LogP contribution in [0.3, 0.4) is 0 Å². The second kappa shape index (κ2) is 4.58. The van der Waals surface area contributed by atoms with Gasteiger partial charge in [0.05, 0.1) is 17.9 Å². The molecule has 17 heavy (non-hydrogen) atoms. The van der Waals surface area contributed by atoms with Gasteiger partial charge in [-0.05, 0) is 13.1 Å². The van der Waals surface area contributed by atoms with Gasteiger partial charge < -0.3 is 5.32 Å². The van der Waals surface area contributed by atoms with Crippen LogP contribution in [0.2, 0.25) is 0 Å². The molecule has 0 fully saturated rings. The van der Waals surface area contributed by atoms with Crippen LogP contribution < -0.4 is 5.32 Å². The summed E-state index contributed by atoms with van der Waals surface area (Å²) in [7, 11) is 3.37. The van der Waals surface area contributed by atoms with Gasteiger partial charge in [-0.1, -0.05) is 17.3 Å². The van der Waals surface area contributed by atoms with Crippen LogP contribution in [-0.4, -0.2) is 22.0 Å². The lowest BCUT2D eigenvalue weighted by molar-refractivity contribution is 0.481. The molecule has 0 saturated heterocycles. The number of nitrogens with one attached hydrogen (secondary N) is 1. The second-order valence-corrected chi connectivity index (χ2v) is 3.65. The largest absolute Gasteiger partial charge is 0.308 e. The Labute approximate surface area is 97.3 Å². The van der Waals surface area contributed by atoms with Gasteiger partial charge in [-0.3, -0.25) is 4.68 Å². The fourth-order valence-corrected chi connectivity index (χ4v) is 1.77. The molecule has 0 aliphatic heterocycles. The Morgan fingerprint density at radius 3 is 2.71 bits per heavy atom. The number of aromatic nitrogens is 3. The quantitative estimate of drug-likeness (QED) is 0.879. The van der Waals surface area contributed by atoms with Crippen LogP contribution in [0.1, 0.15) is 17.3 Å². The molecule has 0 bridgehead atoms. The van der Waals surface area contributed by atoms with E-state index in [0.717, 1.165) is 6.07 Å². The molecule has 1 unspecified atom stereocenters. The average molecular weight is 238 g/mol. The summed E-state index contributed by atoms with van der Waals surface area (Å²) >= 11 is 0. The molecule has 1 aromatic heterocycles. The number of rotatable bonds is 3. The van der Waals surface area contributed by atoms with Gasteiger partial charge in [-0.15, -0.1) is 5.10 Å². The minimum Gasteiger partial charge on any atom is -0.308 e. The Hall–Kier alpha value is -1.82. The summed E-state index contributed by atoms with van der Waals surface area (Å²) < 4.78 is 28.4. The lowest BCUT2D eigenvalue weighted by Gasteiger charge is -2.17. The summed E-state index contributed by atoms with van der Waals surface area (Å²) in [5.41, 5.74) is 0.898. The highest BCUT2D eigenvalue weighted by molar-refractivity contribution is 5.28. The molecule has 1 aromatic carbocycles. The second-order valence-electron chi connectivity index (χ2n) is 3.65. The maximum atomic E-state index is 13.7. The van der Waals surface area contributed by atoms with E-state index < -0.39 is 17.7 Å². The fourth-order valence-electron chi connectivity index (χ4n) is 1.77. The standard InChI is InChI=1S/C11H12F2N4/c1-14-11(9-6-15-16-17(9)2)7-4-3-5-8(12)10(7)13/h3-6,11,14H,1-2H3. The van der Waals surface area contributed by atoms with Crippen LogP contribution >= 0.6 is 0 Å². The van der Waals surface area contributed by atoms with Crippen molar-refractivity contribution < 1.29 is 8.78 Å². The van der Waals surface area contributed by atoms with E-state index in [0.29, 0.717) is 5.69 Å². The Morgan fingerprint density at radius 2 is 2.12 bits per heavy atom. The first-order valence-electron chi connectivity index (χ1n) is 5.11. The molecule has 0 radical (unpaired) electrons. The van der Waals surface area contributed by atoms with Gasteiger partial charge in [-0.2, -0.15) is 0 Å². The van der Waals surface area contributed by atoms with E-state index in [2.05, 4.69) is 15.6 Å². The highest BCUT2D eigenvalue weighted by Gasteiger charge is 2.21. The summed E-state index contributed by atoms with van der Waals surface area (Å²) in [5, 5.41) is 10.4. The Morgan fingerprint density at radius 1 is 1.35 bits per heavy atom. The van der Waals surface area contributed by atoms with Crippen molar-refractivity contribution in [3.05, 3.63) is 47.3 Å². The molecule has 1 N–H and O–H groups in total. The third kappa shape index (κ3) is 2.03. The van der Waals surface area contributed by atoms with E-state index in [-0.39, 0.29) is 5.56 Å². The minimum absolute atomic E-state index is 0.234. The molecule has 1 heterocycles. The van der Waals surface area contributed by atoms with Gasteiger partial charge in [0.15, 0.2) is 11.6 Å². The van der Waals surface area contributed by atoms with Crippen molar-refractivity contribution in [2.45, 2.75) is 6.04 Å². The first-order chi connectivity index (χ1) is 8.15. The normalized spacial score (nSPS) is 12.7. The molecule has 90 valence electrons. The molecule has 4 nitrogen and oxygen atoms in total. The Bertz CT molecular complexity index is 524. The van der Waals surface area contributed by atoms with Gasteiger partial charge in [0.25, 0.3) is 0 Å². The zero-order valence-electron chi connectivity index (χ0n) is 9.48. The monoisotopic (exact) mass is 238 g/mol. The zero-order chi connectivity index (χ0) is 12.4. The van der Waals surface area contributed by atoms with Crippen molar-refractivity contribution in [1.29, 1.82) is 0 Å². The maximum Gasteiger partial charge on any atom is 0.163 e. The molecule has 0 aliphatic carbocycles. The molecule has 0 amide bonds. The van der Waals surface area contributed by atoms with Crippen LogP contribution in [0, 0.1) is 11.6 Å². The Kier molecular flexibility index (Phi) is 3.14. The third-order valence-electron chi connectivity index (χ3n) is 2.63. The minimum atomic E-state index is -0.863. The molecule has 2 aromatic rings. The highest BCUT2D eigenvalue weighted by atomic mass is 19.2. The van der Waals surface area contributed by atoms with Gasteiger partial charge in [0.1, 0.15) is 0 Å². The third-order valence-corrected chi connectivity index (χ3v) is 2.63. The predicted molar refractivity (Wildman–Crippen MR) is 58.3 cm³/mol. The number of hydrogen-bond donors (Lipinski definition) is 1. The number of halogens is 2. The van der Waals surface area contributed by atoms with Crippen molar-refractivity contribution in [3.63, 3.8) is 0 Å². The summed E-state index contributed by atoms with van der Waals surface area (Å²) in [4.78, 5) is 0. The summed E-state index contributed by atoms with van der Waals surface area (Å²) in [5.74, 6) is -1.72. The summed E-state index contributed by atoms with van der Waals surface area (Å²) in [6.07, 6.45) is 1.52. The summed E-state index contributed by atoms with van der Waals surface area (Å²) in [6.45, 7) is 0.